The molecule has 128 valence electrons. The third kappa shape index (κ3) is 3.69. The lowest BCUT2D eigenvalue weighted by molar-refractivity contribution is -0.137. The van der Waals surface area contributed by atoms with E-state index in [4.69, 9.17) is 0 Å². The van der Waals surface area contributed by atoms with Crippen molar-refractivity contribution >= 4 is 0 Å². The molecule has 6 heteroatoms. The van der Waals surface area contributed by atoms with Gasteiger partial charge in [0, 0.05) is 37.8 Å². The van der Waals surface area contributed by atoms with Gasteiger partial charge in [-0.3, -0.25) is 4.90 Å². The van der Waals surface area contributed by atoms with Crippen LogP contribution in [0.25, 0.3) is 0 Å². The van der Waals surface area contributed by atoms with Crippen molar-refractivity contribution in [2.24, 2.45) is 5.92 Å². The molecule has 0 radical (unpaired) electrons. The summed E-state index contributed by atoms with van der Waals surface area (Å²) in [5.41, 5.74) is -0.490. The summed E-state index contributed by atoms with van der Waals surface area (Å²) < 4.78 is 52.8. The molecule has 0 aromatic heterocycles. The number of halogens is 4. The Labute approximate surface area is 133 Å². The smallest absolute Gasteiger partial charge is 0.314 e. The third-order valence-electron chi connectivity index (χ3n) is 5.04. The van der Waals surface area contributed by atoms with E-state index < -0.39 is 17.6 Å². The van der Waals surface area contributed by atoms with Gasteiger partial charge in [0.1, 0.15) is 5.82 Å². The number of benzene rings is 1. The minimum Gasteiger partial charge on any atom is -0.314 e. The van der Waals surface area contributed by atoms with Crippen LogP contribution in [0.2, 0.25) is 0 Å². The minimum absolute atomic E-state index is 0.109. The summed E-state index contributed by atoms with van der Waals surface area (Å²) >= 11 is 0. The quantitative estimate of drug-likeness (QED) is 0.844. The van der Waals surface area contributed by atoms with Gasteiger partial charge in [0.25, 0.3) is 0 Å². The molecule has 1 heterocycles. The zero-order valence-corrected chi connectivity index (χ0v) is 13.0. The van der Waals surface area contributed by atoms with Crippen LogP contribution in [-0.2, 0) is 6.18 Å². The number of nitrogens with zero attached hydrogens (tertiary/aromatic N) is 1. The molecule has 0 amide bonds. The highest BCUT2D eigenvalue weighted by Gasteiger charge is 2.36. The van der Waals surface area contributed by atoms with Crippen molar-refractivity contribution in [3.63, 3.8) is 0 Å². The molecule has 1 saturated carbocycles. The second-order valence-electron chi connectivity index (χ2n) is 6.51. The molecule has 1 aromatic rings. The third-order valence-corrected chi connectivity index (χ3v) is 5.04. The summed E-state index contributed by atoms with van der Waals surface area (Å²) in [6.07, 6.45) is -0.216. The Morgan fingerprint density at radius 2 is 1.74 bits per heavy atom. The molecule has 2 nitrogen and oxygen atoms in total. The monoisotopic (exact) mass is 330 g/mol. The molecule has 1 N–H and O–H groups in total. The highest BCUT2D eigenvalue weighted by atomic mass is 19.4. The SMILES string of the molecule is Fc1cc(C(F)(F)F)ccc1[C@H](C1CCCC1)N1CCNCC1. The molecule has 0 spiro atoms. The second-order valence-corrected chi connectivity index (χ2v) is 6.51. The molecule has 0 unspecified atom stereocenters. The summed E-state index contributed by atoms with van der Waals surface area (Å²) in [6, 6.07) is 2.91. The van der Waals surface area contributed by atoms with Gasteiger partial charge in [-0.25, -0.2) is 4.39 Å². The highest BCUT2D eigenvalue weighted by molar-refractivity contribution is 5.29. The van der Waals surface area contributed by atoms with Crippen molar-refractivity contribution in [2.75, 3.05) is 26.2 Å². The first-order valence-electron chi connectivity index (χ1n) is 8.28. The zero-order chi connectivity index (χ0) is 16.4. The van der Waals surface area contributed by atoms with E-state index in [1.807, 2.05) is 0 Å². The molecule has 23 heavy (non-hydrogen) atoms. The van der Waals surface area contributed by atoms with Crippen LogP contribution in [0.1, 0.15) is 42.9 Å². The molecular weight excluding hydrogens is 308 g/mol. The van der Waals surface area contributed by atoms with Crippen molar-refractivity contribution in [3.05, 3.63) is 35.1 Å². The van der Waals surface area contributed by atoms with E-state index in [2.05, 4.69) is 10.2 Å². The van der Waals surface area contributed by atoms with Crippen molar-refractivity contribution in [1.29, 1.82) is 0 Å². The van der Waals surface area contributed by atoms with Gasteiger partial charge in [-0.05, 0) is 30.9 Å². The van der Waals surface area contributed by atoms with E-state index in [9.17, 15) is 17.6 Å². The first kappa shape index (κ1) is 16.7. The maximum absolute atomic E-state index is 14.5. The van der Waals surface area contributed by atoms with Crippen molar-refractivity contribution in [2.45, 2.75) is 37.9 Å². The summed E-state index contributed by atoms with van der Waals surface area (Å²) in [5, 5.41) is 3.27. The van der Waals surface area contributed by atoms with Gasteiger partial charge in [-0.1, -0.05) is 18.9 Å². The number of piperazine rings is 1. The van der Waals surface area contributed by atoms with Gasteiger partial charge in [0.15, 0.2) is 0 Å². The Kier molecular flexibility index (Phi) is 4.92. The second kappa shape index (κ2) is 6.77. The summed E-state index contributed by atoms with van der Waals surface area (Å²) in [5.74, 6) is -0.394. The van der Waals surface area contributed by atoms with Gasteiger partial charge in [-0.2, -0.15) is 13.2 Å². The molecule has 1 aliphatic carbocycles. The van der Waals surface area contributed by atoms with E-state index in [0.29, 0.717) is 17.5 Å². The predicted octanol–water partition coefficient (Wildman–Crippen LogP) is 3.98. The fourth-order valence-corrected chi connectivity index (χ4v) is 3.93. The number of rotatable bonds is 3. The normalized spacial score (nSPS) is 22.4. The topological polar surface area (TPSA) is 15.3 Å². The number of alkyl halides is 3. The summed E-state index contributed by atoms with van der Waals surface area (Å²) in [7, 11) is 0. The van der Waals surface area contributed by atoms with Gasteiger partial charge in [0.2, 0.25) is 0 Å². The van der Waals surface area contributed by atoms with Gasteiger partial charge in [0.05, 0.1) is 5.56 Å². The standard InChI is InChI=1S/C17H22F4N2/c18-15-11-13(17(19,20)21)5-6-14(15)16(12-3-1-2-4-12)23-9-7-22-8-10-23/h5-6,11-12,16,22H,1-4,7-10H2/t16-/m0/s1. The van der Waals surface area contributed by atoms with Crippen molar-refractivity contribution in [3.8, 4) is 0 Å². The average molecular weight is 330 g/mol. The van der Waals surface area contributed by atoms with E-state index in [1.165, 1.54) is 6.07 Å². The number of hydrogen-bond acceptors (Lipinski definition) is 2. The first-order chi connectivity index (χ1) is 11.0. The van der Waals surface area contributed by atoms with E-state index in [-0.39, 0.29) is 6.04 Å². The van der Waals surface area contributed by atoms with Crippen molar-refractivity contribution < 1.29 is 17.6 Å². The largest absolute Gasteiger partial charge is 0.416 e. The van der Waals surface area contributed by atoms with Crippen LogP contribution in [0, 0.1) is 11.7 Å². The molecule has 1 aliphatic heterocycles. The van der Waals surface area contributed by atoms with Crippen LogP contribution in [0.15, 0.2) is 18.2 Å². The van der Waals surface area contributed by atoms with Crippen LogP contribution >= 0.6 is 0 Å². The predicted molar refractivity (Wildman–Crippen MR) is 80.5 cm³/mol. The molecule has 1 atom stereocenters. The molecular formula is C17H22F4N2. The van der Waals surface area contributed by atoms with E-state index in [1.54, 1.807) is 0 Å². The van der Waals surface area contributed by atoms with Crippen LogP contribution in [0.5, 0.6) is 0 Å². The lowest BCUT2D eigenvalue weighted by Gasteiger charge is -2.38. The van der Waals surface area contributed by atoms with Crippen LogP contribution in [0.3, 0.4) is 0 Å². The fraction of sp³-hybridized carbons (Fsp3) is 0.647. The maximum Gasteiger partial charge on any atom is 0.416 e. The molecule has 1 saturated heterocycles. The number of hydrogen-bond donors (Lipinski definition) is 1. The Morgan fingerprint density at radius 1 is 1.09 bits per heavy atom. The minimum atomic E-state index is -4.50. The summed E-state index contributed by atoms with van der Waals surface area (Å²) in [6.45, 7) is 3.29. The first-order valence-corrected chi connectivity index (χ1v) is 8.28. The Hall–Kier alpha value is -1.14. The van der Waals surface area contributed by atoms with Crippen LogP contribution < -0.4 is 5.32 Å². The van der Waals surface area contributed by atoms with E-state index in [0.717, 1.165) is 57.9 Å². The van der Waals surface area contributed by atoms with Gasteiger partial charge < -0.3 is 5.32 Å². The van der Waals surface area contributed by atoms with Gasteiger partial charge in [-0.15, -0.1) is 0 Å². The highest BCUT2D eigenvalue weighted by Crippen LogP contribution is 2.41. The molecule has 0 bridgehead atoms. The lowest BCUT2D eigenvalue weighted by Crippen LogP contribution is -2.47. The Balaban J connectivity index is 1.92. The fourth-order valence-electron chi connectivity index (χ4n) is 3.93. The Morgan fingerprint density at radius 3 is 2.30 bits per heavy atom. The molecule has 2 fully saturated rings. The van der Waals surface area contributed by atoms with Crippen LogP contribution in [0.4, 0.5) is 17.6 Å². The molecule has 3 rings (SSSR count). The maximum atomic E-state index is 14.5. The average Bonchev–Trinajstić information content (AvgIpc) is 3.03. The lowest BCUT2D eigenvalue weighted by atomic mass is 9.89. The van der Waals surface area contributed by atoms with Crippen molar-refractivity contribution in [1.82, 2.24) is 10.2 Å². The number of nitrogens with one attached hydrogen (secondary N) is 1. The van der Waals surface area contributed by atoms with Crippen LogP contribution in [-0.4, -0.2) is 31.1 Å². The Bertz CT molecular complexity index is 532. The van der Waals surface area contributed by atoms with Gasteiger partial charge >= 0.3 is 6.18 Å². The van der Waals surface area contributed by atoms with E-state index >= 15 is 0 Å². The molecule has 2 aliphatic rings. The summed E-state index contributed by atoms with van der Waals surface area (Å²) in [4.78, 5) is 2.23. The molecule has 1 aromatic carbocycles. The zero-order valence-electron chi connectivity index (χ0n) is 13.0.